The summed E-state index contributed by atoms with van der Waals surface area (Å²) < 4.78 is 15.1. The van der Waals surface area contributed by atoms with E-state index in [2.05, 4.69) is 16.3 Å². The Morgan fingerprint density at radius 2 is 2.10 bits per heavy atom. The molecule has 0 aliphatic carbocycles. The third-order valence-electron chi connectivity index (χ3n) is 4.28. The van der Waals surface area contributed by atoms with Crippen LogP contribution in [0.4, 0.5) is 4.39 Å². The Bertz CT molecular complexity index is 458. The van der Waals surface area contributed by atoms with Gasteiger partial charge in [0, 0.05) is 26.2 Å². The summed E-state index contributed by atoms with van der Waals surface area (Å²) in [6.07, 6.45) is 3.17. The summed E-state index contributed by atoms with van der Waals surface area (Å²) in [5.74, 6) is -0.273. The molecule has 2 saturated heterocycles. The Hall–Kier alpha value is -0.940. The zero-order chi connectivity index (χ0) is 14.0. The molecule has 3 nitrogen and oxygen atoms in total. The van der Waals surface area contributed by atoms with Crippen LogP contribution in [0.2, 0.25) is 0 Å². The van der Waals surface area contributed by atoms with Gasteiger partial charge in [0.1, 0.15) is 0 Å². The molecule has 1 unspecified atom stereocenters. The molecule has 1 aromatic heterocycles. The lowest BCUT2D eigenvalue weighted by Crippen LogP contribution is -2.54. The largest absolute Gasteiger partial charge is 0.340 e. The van der Waals surface area contributed by atoms with Crippen LogP contribution < -0.4 is 0 Å². The number of carbonyl (C=O) groups is 1. The van der Waals surface area contributed by atoms with Crippen molar-refractivity contribution in [2.24, 2.45) is 0 Å². The highest BCUT2D eigenvalue weighted by atomic mass is 32.1. The minimum absolute atomic E-state index is 0.248. The van der Waals surface area contributed by atoms with Crippen molar-refractivity contribution >= 4 is 17.2 Å². The van der Waals surface area contributed by atoms with E-state index in [9.17, 15) is 4.79 Å². The predicted octanol–water partition coefficient (Wildman–Crippen LogP) is 2.67. The van der Waals surface area contributed by atoms with Crippen molar-refractivity contribution in [3.05, 3.63) is 22.4 Å². The Kier molecular flexibility index (Phi) is 4.08. The number of thiophene rings is 1. The summed E-state index contributed by atoms with van der Waals surface area (Å²) in [7, 11) is 0. The summed E-state index contributed by atoms with van der Waals surface area (Å²) in [5.41, 5.74) is -0.452. The SMILES string of the molecule is O=C(N1CCCC1)C1(F)CCCN(Cc2ccsc2)C1. The summed E-state index contributed by atoms with van der Waals surface area (Å²) in [6, 6.07) is 2.07. The molecule has 0 spiro atoms. The van der Waals surface area contributed by atoms with Gasteiger partial charge in [-0.1, -0.05) is 0 Å². The number of rotatable bonds is 3. The van der Waals surface area contributed by atoms with Crippen molar-refractivity contribution in [2.75, 3.05) is 26.2 Å². The molecule has 5 heteroatoms. The first-order valence-electron chi connectivity index (χ1n) is 7.39. The molecule has 20 heavy (non-hydrogen) atoms. The number of halogens is 1. The van der Waals surface area contributed by atoms with E-state index in [1.54, 1.807) is 16.2 Å². The van der Waals surface area contributed by atoms with Crippen molar-refractivity contribution < 1.29 is 9.18 Å². The Morgan fingerprint density at radius 3 is 2.80 bits per heavy atom. The van der Waals surface area contributed by atoms with Crippen LogP contribution in [0.1, 0.15) is 31.2 Å². The molecule has 1 aromatic rings. The van der Waals surface area contributed by atoms with Crippen molar-refractivity contribution in [1.82, 2.24) is 9.80 Å². The molecule has 0 radical (unpaired) electrons. The number of hydrogen-bond donors (Lipinski definition) is 0. The maximum Gasteiger partial charge on any atom is 0.261 e. The van der Waals surface area contributed by atoms with Gasteiger partial charge < -0.3 is 4.90 Å². The second-order valence-corrected chi connectivity index (χ2v) is 6.69. The number of nitrogens with zero attached hydrogens (tertiary/aromatic N) is 2. The fourth-order valence-electron chi connectivity index (χ4n) is 3.25. The Labute approximate surface area is 123 Å². The molecule has 3 heterocycles. The zero-order valence-electron chi connectivity index (χ0n) is 11.7. The number of alkyl halides is 1. The van der Waals surface area contributed by atoms with Crippen LogP contribution in [0, 0.1) is 0 Å². The van der Waals surface area contributed by atoms with Crippen LogP contribution >= 0.6 is 11.3 Å². The summed E-state index contributed by atoms with van der Waals surface area (Å²) in [6.45, 7) is 3.35. The van der Waals surface area contributed by atoms with E-state index in [4.69, 9.17) is 0 Å². The molecule has 2 fully saturated rings. The van der Waals surface area contributed by atoms with Crippen molar-refractivity contribution in [3.8, 4) is 0 Å². The smallest absolute Gasteiger partial charge is 0.261 e. The van der Waals surface area contributed by atoms with Gasteiger partial charge in [-0.05, 0) is 54.6 Å². The second kappa shape index (κ2) is 5.82. The quantitative estimate of drug-likeness (QED) is 0.856. The molecule has 0 saturated carbocycles. The molecule has 110 valence electrons. The maximum absolute atomic E-state index is 15.1. The van der Waals surface area contributed by atoms with Gasteiger partial charge in [0.15, 0.2) is 0 Å². The van der Waals surface area contributed by atoms with E-state index < -0.39 is 5.67 Å². The summed E-state index contributed by atoms with van der Waals surface area (Å²) in [5, 5.41) is 4.13. The van der Waals surface area contributed by atoms with E-state index in [-0.39, 0.29) is 12.5 Å². The van der Waals surface area contributed by atoms with E-state index >= 15 is 4.39 Å². The van der Waals surface area contributed by atoms with Gasteiger partial charge in [0.25, 0.3) is 5.91 Å². The van der Waals surface area contributed by atoms with Gasteiger partial charge in [-0.2, -0.15) is 11.3 Å². The molecule has 0 N–H and O–H groups in total. The Morgan fingerprint density at radius 1 is 1.30 bits per heavy atom. The lowest BCUT2D eigenvalue weighted by Gasteiger charge is -2.38. The van der Waals surface area contributed by atoms with Crippen LogP contribution in [0.25, 0.3) is 0 Å². The van der Waals surface area contributed by atoms with Gasteiger partial charge >= 0.3 is 0 Å². The third kappa shape index (κ3) is 2.88. The number of amides is 1. The molecule has 0 bridgehead atoms. The van der Waals surface area contributed by atoms with Gasteiger partial charge in [0.2, 0.25) is 5.67 Å². The standard InChI is InChI=1S/C15H21FN2OS/c16-15(14(19)18-7-1-2-8-18)5-3-6-17(12-15)10-13-4-9-20-11-13/h4,9,11H,1-3,5-8,10,12H2. The van der Waals surface area contributed by atoms with Crippen molar-refractivity contribution in [1.29, 1.82) is 0 Å². The second-order valence-electron chi connectivity index (χ2n) is 5.91. The summed E-state index contributed by atoms with van der Waals surface area (Å²) in [4.78, 5) is 16.2. The number of hydrogen-bond acceptors (Lipinski definition) is 3. The predicted molar refractivity (Wildman–Crippen MR) is 78.5 cm³/mol. The average Bonchev–Trinajstić information content (AvgIpc) is 3.10. The van der Waals surface area contributed by atoms with E-state index in [0.717, 1.165) is 45.4 Å². The molecule has 1 amide bonds. The number of piperidine rings is 1. The van der Waals surface area contributed by atoms with E-state index in [1.807, 2.05) is 5.38 Å². The zero-order valence-corrected chi connectivity index (χ0v) is 12.5. The number of carbonyl (C=O) groups excluding carboxylic acids is 1. The van der Waals surface area contributed by atoms with Crippen LogP contribution in [0.15, 0.2) is 16.8 Å². The van der Waals surface area contributed by atoms with Gasteiger partial charge in [-0.25, -0.2) is 4.39 Å². The average molecular weight is 296 g/mol. The maximum atomic E-state index is 15.1. The fourth-order valence-corrected chi connectivity index (χ4v) is 3.91. The highest BCUT2D eigenvalue weighted by molar-refractivity contribution is 7.07. The molecule has 0 aromatic carbocycles. The molecule has 3 rings (SSSR count). The lowest BCUT2D eigenvalue weighted by molar-refractivity contribution is -0.147. The first kappa shape index (κ1) is 14.0. The highest BCUT2D eigenvalue weighted by Crippen LogP contribution is 2.30. The molecule has 2 aliphatic heterocycles. The van der Waals surface area contributed by atoms with Crippen LogP contribution in [0.3, 0.4) is 0 Å². The summed E-state index contributed by atoms with van der Waals surface area (Å²) >= 11 is 1.66. The molecular formula is C15H21FN2OS. The number of likely N-dealkylation sites (tertiary alicyclic amines) is 2. The normalized spacial score (nSPS) is 27.9. The minimum Gasteiger partial charge on any atom is -0.340 e. The van der Waals surface area contributed by atoms with Crippen LogP contribution in [-0.2, 0) is 11.3 Å². The van der Waals surface area contributed by atoms with Gasteiger partial charge in [-0.15, -0.1) is 0 Å². The van der Waals surface area contributed by atoms with Crippen molar-refractivity contribution in [2.45, 2.75) is 37.9 Å². The lowest BCUT2D eigenvalue weighted by atomic mass is 9.93. The fraction of sp³-hybridized carbons (Fsp3) is 0.667. The van der Waals surface area contributed by atoms with Gasteiger partial charge in [0.05, 0.1) is 0 Å². The Balaban J connectivity index is 1.65. The van der Waals surface area contributed by atoms with Crippen molar-refractivity contribution in [3.63, 3.8) is 0 Å². The highest BCUT2D eigenvalue weighted by Gasteiger charge is 2.45. The topological polar surface area (TPSA) is 23.6 Å². The monoisotopic (exact) mass is 296 g/mol. The van der Waals surface area contributed by atoms with E-state index in [1.165, 1.54) is 5.56 Å². The van der Waals surface area contributed by atoms with E-state index in [0.29, 0.717) is 6.42 Å². The van der Waals surface area contributed by atoms with Gasteiger partial charge in [-0.3, -0.25) is 9.69 Å². The first-order valence-corrected chi connectivity index (χ1v) is 8.33. The van der Waals surface area contributed by atoms with Crippen LogP contribution in [-0.4, -0.2) is 47.6 Å². The molecule has 1 atom stereocenters. The molecule has 2 aliphatic rings. The first-order chi connectivity index (χ1) is 9.67. The van der Waals surface area contributed by atoms with Crippen LogP contribution in [0.5, 0.6) is 0 Å². The minimum atomic E-state index is -1.67. The molecular weight excluding hydrogens is 275 g/mol. The third-order valence-corrected chi connectivity index (χ3v) is 5.02.